The van der Waals surface area contributed by atoms with Crippen LogP contribution in [-0.2, 0) is 6.18 Å². The third kappa shape index (κ3) is 4.55. The number of aromatic nitrogens is 2. The largest absolute Gasteiger partial charge is 0.451 e. The summed E-state index contributed by atoms with van der Waals surface area (Å²) in [6, 6.07) is 1.42. The molecule has 0 aliphatic rings. The molecule has 0 aliphatic heterocycles. The molecule has 0 aliphatic carbocycles. The van der Waals surface area contributed by atoms with Gasteiger partial charge in [0, 0.05) is 26.2 Å². The molecule has 108 valence electrons. The van der Waals surface area contributed by atoms with Crippen molar-refractivity contribution < 1.29 is 18.3 Å². The van der Waals surface area contributed by atoms with Crippen molar-refractivity contribution in [2.45, 2.75) is 26.1 Å². The molecule has 5 nitrogen and oxygen atoms in total. The number of rotatable bonds is 5. The fourth-order valence-corrected chi connectivity index (χ4v) is 1.52. The second kappa shape index (κ2) is 6.05. The zero-order chi connectivity index (χ0) is 14.6. The van der Waals surface area contributed by atoms with E-state index in [1.165, 1.54) is 11.0 Å². The Balaban J connectivity index is 3.12. The number of hydrogen-bond donors (Lipinski definition) is 2. The van der Waals surface area contributed by atoms with E-state index < -0.39 is 18.1 Å². The van der Waals surface area contributed by atoms with Crippen LogP contribution in [0.2, 0.25) is 0 Å². The van der Waals surface area contributed by atoms with Gasteiger partial charge in [0.05, 0.1) is 6.10 Å². The Morgan fingerprint density at radius 3 is 2.53 bits per heavy atom. The molecule has 1 heterocycles. The number of aliphatic hydroxyl groups is 1. The maximum Gasteiger partial charge on any atom is 0.451 e. The fraction of sp³-hybridized carbons (Fsp3) is 0.636. The van der Waals surface area contributed by atoms with Gasteiger partial charge in [0.2, 0.25) is 5.82 Å². The summed E-state index contributed by atoms with van der Waals surface area (Å²) in [5.74, 6) is -0.977. The summed E-state index contributed by atoms with van der Waals surface area (Å²) in [7, 11) is 1.56. The zero-order valence-electron chi connectivity index (χ0n) is 11.0. The van der Waals surface area contributed by atoms with Crippen molar-refractivity contribution in [3.05, 3.63) is 11.9 Å². The monoisotopic (exact) mass is 278 g/mol. The highest BCUT2D eigenvalue weighted by Gasteiger charge is 2.35. The van der Waals surface area contributed by atoms with E-state index in [0.29, 0.717) is 6.54 Å². The van der Waals surface area contributed by atoms with Gasteiger partial charge in [-0.3, -0.25) is 0 Å². The molecule has 19 heavy (non-hydrogen) atoms. The minimum absolute atomic E-state index is 0.109. The molecule has 0 saturated carbocycles. The maximum absolute atomic E-state index is 12.7. The minimum atomic E-state index is -4.61. The van der Waals surface area contributed by atoms with Gasteiger partial charge in [-0.2, -0.15) is 13.2 Å². The number of nitrogens with one attached hydrogen (secondary N) is 1. The van der Waals surface area contributed by atoms with Gasteiger partial charge in [-0.15, -0.1) is 0 Å². The number of alkyl halides is 3. The Morgan fingerprint density at radius 1 is 1.42 bits per heavy atom. The molecule has 1 atom stereocenters. The first-order valence-electron chi connectivity index (χ1n) is 5.83. The standard InChI is InChI=1S/C11H17F3N4O/c1-4-15-8-5-9(18(3)6-7(2)19)17-10(16-8)11(12,13)14/h5,7,19H,4,6H2,1-3H3,(H,15,16,17). The Hall–Kier alpha value is -1.57. The van der Waals surface area contributed by atoms with Crippen molar-refractivity contribution >= 4 is 11.6 Å². The van der Waals surface area contributed by atoms with Crippen LogP contribution < -0.4 is 10.2 Å². The van der Waals surface area contributed by atoms with Crippen molar-refractivity contribution in [2.24, 2.45) is 0 Å². The van der Waals surface area contributed by atoms with Gasteiger partial charge in [-0.25, -0.2) is 9.97 Å². The molecule has 0 aromatic carbocycles. The third-order valence-corrected chi connectivity index (χ3v) is 2.25. The van der Waals surface area contributed by atoms with Gasteiger partial charge in [0.25, 0.3) is 0 Å². The van der Waals surface area contributed by atoms with Crippen LogP contribution >= 0.6 is 0 Å². The summed E-state index contributed by atoms with van der Waals surface area (Å²) in [4.78, 5) is 8.35. The third-order valence-electron chi connectivity index (χ3n) is 2.25. The summed E-state index contributed by atoms with van der Waals surface area (Å²) < 4.78 is 38.1. The number of nitrogens with zero attached hydrogens (tertiary/aromatic N) is 3. The molecule has 1 aromatic heterocycles. The summed E-state index contributed by atoms with van der Waals surface area (Å²) in [5, 5.41) is 12.0. The van der Waals surface area contributed by atoms with Crippen molar-refractivity contribution in [1.29, 1.82) is 0 Å². The van der Waals surface area contributed by atoms with Gasteiger partial charge >= 0.3 is 6.18 Å². The molecule has 0 radical (unpaired) electrons. The van der Waals surface area contributed by atoms with Gasteiger partial charge in [-0.05, 0) is 13.8 Å². The minimum Gasteiger partial charge on any atom is -0.392 e. The first kappa shape index (κ1) is 15.5. The lowest BCUT2D eigenvalue weighted by Crippen LogP contribution is -2.28. The van der Waals surface area contributed by atoms with Crippen LogP contribution in [0.25, 0.3) is 0 Å². The van der Waals surface area contributed by atoms with E-state index in [0.717, 1.165) is 0 Å². The summed E-state index contributed by atoms with van der Waals surface area (Å²) in [6.45, 7) is 3.94. The molecule has 0 fully saturated rings. The van der Waals surface area contributed by atoms with Crippen molar-refractivity contribution in [1.82, 2.24) is 9.97 Å². The first-order chi connectivity index (χ1) is 8.74. The molecule has 8 heteroatoms. The predicted molar refractivity (Wildman–Crippen MR) is 66.1 cm³/mol. The summed E-state index contributed by atoms with van der Waals surface area (Å²) >= 11 is 0. The van der Waals surface area contributed by atoms with E-state index in [9.17, 15) is 18.3 Å². The topological polar surface area (TPSA) is 61.3 Å². The Kier molecular flexibility index (Phi) is 4.93. The summed E-state index contributed by atoms with van der Waals surface area (Å²) in [5.41, 5.74) is 0. The number of hydrogen-bond acceptors (Lipinski definition) is 5. The average molecular weight is 278 g/mol. The van der Waals surface area contributed by atoms with Crippen LogP contribution in [0.4, 0.5) is 24.8 Å². The van der Waals surface area contributed by atoms with E-state index in [-0.39, 0.29) is 18.2 Å². The molecule has 1 rings (SSSR count). The highest BCUT2D eigenvalue weighted by atomic mass is 19.4. The molecule has 0 bridgehead atoms. The van der Waals surface area contributed by atoms with E-state index in [1.807, 2.05) is 0 Å². The van der Waals surface area contributed by atoms with Crippen LogP contribution in [0.1, 0.15) is 19.7 Å². The SMILES string of the molecule is CCNc1cc(N(C)CC(C)O)nc(C(F)(F)F)n1. The lowest BCUT2D eigenvalue weighted by Gasteiger charge is -2.21. The fourth-order valence-electron chi connectivity index (χ4n) is 1.52. The van der Waals surface area contributed by atoms with Crippen molar-refractivity contribution in [3.8, 4) is 0 Å². The molecule has 2 N–H and O–H groups in total. The molecule has 0 amide bonds. The van der Waals surface area contributed by atoms with Crippen LogP contribution in [0, 0.1) is 0 Å². The Labute approximate surface area is 109 Å². The molecule has 1 unspecified atom stereocenters. The number of likely N-dealkylation sites (N-methyl/N-ethyl adjacent to an activating group) is 1. The quantitative estimate of drug-likeness (QED) is 0.859. The second-order valence-electron chi connectivity index (χ2n) is 4.19. The molecule has 1 aromatic rings. The zero-order valence-corrected chi connectivity index (χ0v) is 11.0. The van der Waals surface area contributed by atoms with Crippen LogP contribution in [-0.4, -0.2) is 41.3 Å². The average Bonchev–Trinajstić information content (AvgIpc) is 2.27. The summed E-state index contributed by atoms with van der Waals surface area (Å²) in [6.07, 6.45) is -5.27. The van der Waals surface area contributed by atoms with Crippen LogP contribution in [0.3, 0.4) is 0 Å². The van der Waals surface area contributed by atoms with Crippen LogP contribution in [0.15, 0.2) is 6.07 Å². The van der Waals surface area contributed by atoms with E-state index >= 15 is 0 Å². The number of halogens is 3. The van der Waals surface area contributed by atoms with Gasteiger partial charge in [-0.1, -0.05) is 0 Å². The lowest BCUT2D eigenvalue weighted by molar-refractivity contribution is -0.144. The Morgan fingerprint density at radius 2 is 2.05 bits per heavy atom. The molecule has 0 saturated heterocycles. The van der Waals surface area contributed by atoms with Crippen LogP contribution in [0.5, 0.6) is 0 Å². The molecular weight excluding hydrogens is 261 g/mol. The Bertz CT molecular complexity index is 423. The lowest BCUT2D eigenvalue weighted by atomic mass is 10.3. The number of anilines is 2. The van der Waals surface area contributed by atoms with E-state index in [4.69, 9.17) is 0 Å². The van der Waals surface area contributed by atoms with Gasteiger partial charge < -0.3 is 15.3 Å². The first-order valence-corrected chi connectivity index (χ1v) is 5.83. The highest BCUT2D eigenvalue weighted by molar-refractivity contribution is 5.49. The second-order valence-corrected chi connectivity index (χ2v) is 4.19. The molecular formula is C11H17F3N4O. The highest BCUT2D eigenvalue weighted by Crippen LogP contribution is 2.29. The smallest absolute Gasteiger partial charge is 0.392 e. The van der Waals surface area contributed by atoms with Crippen molar-refractivity contribution in [3.63, 3.8) is 0 Å². The van der Waals surface area contributed by atoms with Crippen molar-refractivity contribution in [2.75, 3.05) is 30.4 Å². The normalized spacial score (nSPS) is 13.2. The van der Waals surface area contributed by atoms with Gasteiger partial charge in [0.15, 0.2) is 0 Å². The van der Waals surface area contributed by atoms with E-state index in [1.54, 1.807) is 20.9 Å². The van der Waals surface area contributed by atoms with E-state index in [2.05, 4.69) is 15.3 Å². The number of aliphatic hydroxyl groups excluding tert-OH is 1. The predicted octanol–water partition coefficient (Wildman–Crippen LogP) is 1.74. The van der Waals surface area contributed by atoms with Gasteiger partial charge in [0.1, 0.15) is 11.6 Å². The molecule has 0 spiro atoms. The maximum atomic E-state index is 12.7.